The molecule has 0 fully saturated rings. The van der Waals surface area contributed by atoms with E-state index in [0.29, 0.717) is 70.3 Å². The van der Waals surface area contributed by atoms with Crippen molar-refractivity contribution in [1.82, 2.24) is 20.3 Å². The van der Waals surface area contributed by atoms with Gasteiger partial charge in [0.1, 0.15) is 5.65 Å². The normalized spacial score (nSPS) is 11.4. The van der Waals surface area contributed by atoms with Crippen LogP contribution in [0, 0.1) is 0 Å². The molecule has 2 aromatic rings. The van der Waals surface area contributed by atoms with Crippen LogP contribution in [0.4, 0.5) is 5.95 Å². The fourth-order valence-corrected chi connectivity index (χ4v) is 2.25. The van der Waals surface area contributed by atoms with E-state index in [1.807, 2.05) is 0 Å². The first kappa shape index (κ1) is 19.3. The molecule has 0 radical (unpaired) electrons. The van der Waals surface area contributed by atoms with Gasteiger partial charge in [0.05, 0.1) is 45.0 Å². The number of fused-ring (bicyclic) bond motifs is 1. The lowest BCUT2D eigenvalue weighted by Crippen LogP contribution is -2.21. The Morgan fingerprint density at radius 2 is 1.76 bits per heavy atom. The zero-order valence-electron chi connectivity index (χ0n) is 14.2. The minimum Gasteiger partial charge on any atom is -0.378 e. The first-order valence-electron chi connectivity index (χ1n) is 8.22. The quantitative estimate of drug-likeness (QED) is 0.285. The van der Waals surface area contributed by atoms with E-state index in [-0.39, 0.29) is 11.5 Å². The van der Waals surface area contributed by atoms with E-state index >= 15 is 0 Å². The van der Waals surface area contributed by atoms with E-state index in [9.17, 15) is 4.79 Å². The Kier molecular flexibility index (Phi) is 8.35. The van der Waals surface area contributed by atoms with Crippen LogP contribution in [0.1, 0.15) is 5.56 Å². The largest absolute Gasteiger partial charge is 0.378 e. The Balaban J connectivity index is 1.55. The van der Waals surface area contributed by atoms with E-state index < -0.39 is 0 Å². The monoisotopic (exact) mass is 354 g/mol. The van der Waals surface area contributed by atoms with Crippen molar-refractivity contribution in [2.45, 2.75) is 6.54 Å². The van der Waals surface area contributed by atoms with Crippen molar-refractivity contribution >= 4 is 17.0 Å². The Bertz CT molecular complexity index is 686. The molecule has 2 heterocycles. The number of aromatic amines is 2. The fraction of sp³-hybridized carbons (Fsp3) is 0.600. The lowest BCUT2D eigenvalue weighted by molar-refractivity contribution is 0.0165. The summed E-state index contributed by atoms with van der Waals surface area (Å²) in [6.45, 7) is 4.95. The van der Waals surface area contributed by atoms with Gasteiger partial charge in [-0.25, -0.2) is 0 Å². The number of hydrogen-bond acceptors (Lipinski definition) is 8. The van der Waals surface area contributed by atoms with Crippen LogP contribution in [0.3, 0.4) is 0 Å². The van der Waals surface area contributed by atoms with Crippen LogP contribution in [0.25, 0.3) is 11.0 Å². The molecular formula is C15H26N6O4. The third-order valence-corrected chi connectivity index (χ3v) is 3.39. The van der Waals surface area contributed by atoms with E-state index in [0.717, 1.165) is 5.56 Å². The summed E-state index contributed by atoms with van der Waals surface area (Å²) in [5, 5.41) is 3.74. The maximum Gasteiger partial charge on any atom is 0.262 e. The summed E-state index contributed by atoms with van der Waals surface area (Å²) in [5.74, 6) is 0.0976. The molecule has 25 heavy (non-hydrogen) atoms. The molecule has 0 bridgehead atoms. The van der Waals surface area contributed by atoms with Gasteiger partial charge in [0.25, 0.3) is 5.56 Å². The van der Waals surface area contributed by atoms with Crippen LogP contribution in [-0.4, -0.2) is 67.7 Å². The summed E-state index contributed by atoms with van der Waals surface area (Å²) < 4.78 is 16.0. The van der Waals surface area contributed by atoms with E-state index in [2.05, 4.69) is 20.3 Å². The Hall–Kier alpha value is -1.98. The molecule has 0 amide bonds. The van der Waals surface area contributed by atoms with Gasteiger partial charge in [-0.2, -0.15) is 4.98 Å². The van der Waals surface area contributed by atoms with E-state index in [4.69, 9.17) is 25.7 Å². The second-order valence-corrected chi connectivity index (χ2v) is 5.29. The van der Waals surface area contributed by atoms with Gasteiger partial charge in [0.2, 0.25) is 5.95 Å². The highest BCUT2D eigenvalue weighted by molar-refractivity contribution is 5.79. The number of ether oxygens (including phenoxy) is 3. The maximum atomic E-state index is 11.9. The van der Waals surface area contributed by atoms with Crippen molar-refractivity contribution < 1.29 is 14.2 Å². The standard InChI is InChI=1S/C15H26N6O4/c16-1-3-23-5-7-25-8-6-24-4-2-18-9-11-10-19-13-12(11)14(22)21-15(17)20-13/h10,18H,1-9,16H2,(H4,17,19,20,21,22). The molecule has 0 saturated heterocycles. The summed E-state index contributed by atoms with van der Waals surface area (Å²) >= 11 is 0. The average molecular weight is 354 g/mol. The molecule has 140 valence electrons. The SMILES string of the molecule is NCCOCCOCCOCCNCc1c[nH]c2nc(N)[nH]c(=O)c12. The molecule has 0 aliphatic rings. The number of hydrogen-bond donors (Lipinski definition) is 5. The Labute approximate surface area is 145 Å². The molecular weight excluding hydrogens is 328 g/mol. The van der Waals surface area contributed by atoms with Gasteiger partial charge in [0, 0.05) is 25.8 Å². The molecule has 0 spiro atoms. The molecule has 0 atom stereocenters. The van der Waals surface area contributed by atoms with Gasteiger partial charge in [-0.05, 0) is 5.56 Å². The third-order valence-electron chi connectivity index (χ3n) is 3.39. The van der Waals surface area contributed by atoms with Crippen molar-refractivity contribution in [1.29, 1.82) is 0 Å². The average Bonchev–Trinajstić information content (AvgIpc) is 2.99. The summed E-state index contributed by atoms with van der Waals surface area (Å²) in [4.78, 5) is 21.4. The number of rotatable bonds is 13. The minimum absolute atomic E-state index is 0.0976. The molecule has 0 unspecified atom stereocenters. The maximum absolute atomic E-state index is 11.9. The van der Waals surface area contributed by atoms with Crippen molar-refractivity contribution in [2.24, 2.45) is 5.73 Å². The fourth-order valence-electron chi connectivity index (χ4n) is 2.25. The topological polar surface area (TPSA) is 153 Å². The van der Waals surface area contributed by atoms with Crippen LogP contribution in [-0.2, 0) is 20.8 Å². The second kappa shape index (κ2) is 10.8. The van der Waals surface area contributed by atoms with Crippen LogP contribution in [0.5, 0.6) is 0 Å². The van der Waals surface area contributed by atoms with E-state index in [1.54, 1.807) is 6.20 Å². The lowest BCUT2D eigenvalue weighted by atomic mass is 10.2. The molecule has 0 aromatic carbocycles. The van der Waals surface area contributed by atoms with Crippen molar-refractivity contribution in [3.8, 4) is 0 Å². The van der Waals surface area contributed by atoms with Crippen LogP contribution in [0.2, 0.25) is 0 Å². The number of H-pyrrole nitrogens is 2. The zero-order chi connectivity index (χ0) is 17.9. The molecule has 7 N–H and O–H groups in total. The highest BCUT2D eigenvalue weighted by Gasteiger charge is 2.09. The van der Waals surface area contributed by atoms with Gasteiger partial charge in [-0.15, -0.1) is 0 Å². The van der Waals surface area contributed by atoms with Gasteiger partial charge < -0.3 is 36.0 Å². The first-order valence-corrected chi connectivity index (χ1v) is 8.22. The molecule has 0 aliphatic carbocycles. The third kappa shape index (κ3) is 6.44. The highest BCUT2D eigenvalue weighted by atomic mass is 16.5. The number of nitrogen functional groups attached to an aromatic ring is 1. The minimum atomic E-state index is -0.246. The first-order chi connectivity index (χ1) is 12.2. The van der Waals surface area contributed by atoms with Crippen molar-refractivity contribution in [3.05, 3.63) is 22.1 Å². The number of anilines is 1. The predicted octanol–water partition coefficient (Wildman–Crippen LogP) is -1.07. The number of nitrogens with one attached hydrogen (secondary N) is 3. The molecule has 0 aliphatic heterocycles. The van der Waals surface area contributed by atoms with Gasteiger partial charge in [0.15, 0.2) is 0 Å². The van der Waals surface area contributed by atoms with Crippen LogP contribution < -0.4 is 22.3 Å². The van der Waals surface area contributed by atoms with Gasteiger partial charge >= 0.3 is 0 Å². The molecule has 2 aromatic heterocycles. The molecule has 10 nitrogen and oxygen atoms in total. The molecule has 0 saturated carbocycles. The number of nitrogens with zero attached hydrogens (tertiary/aromatic N) is 1. The smallest absolute Gasteiger partial charge is 0.262 e. The van der Waals surface area contributed by atoms with Gasteiger partial charge in [-0.1, -0.05) is 0 Å². The van der Waals surface area contributed by atoms with E-state index in [1.165, 1.54) is 0 Å². The van der Waals surface area contributed by atoms with Crippen LogP contribution >= 0.6 is 0 Å². The summed E-state index contributed by atoms with van der Waals surface area (Å²) in [6.07, 6.45) is 1.75. The Morgan fingerprint density at radius 1 is 1.08 bits per heavy atom. The predicted molar refractivity (Wildman–Crippen MR) is 94.3 cm³/mol. The van der Waals surface area contributed by atoms with Gasteiger partial charge in [-0.3, -0.25) is 9.78 Å². The number of aromatic nitrogens is 3. The second-order valence-electron chi connectivity index (χ2n) is 5.29. The van der Waals surface area contributed by atoms with Crippen LogP contribution in [0.15, 0.2) is 11.0 Å². The van der Waals surface area contributed by atoms with Crippen molar-refractivity contribution in [2.75, 3.05) is 58.5 Å². The zero-order valence-corrected chi connectivity index (χ0v) is 14.2. The molecule has 10 heteroatoms. The van der Waals surface area contributed by atoms with Crippen molar-refractivity contribution in [3.63, 3.8) is 0 Å². The lowest BCUT2D eigenvalue weighted by Gasteiger charge is -2.07. The Morgan fingerprint density at radius 3 is 2.48 bits per heavy atom. The summed E-state index contributed by atoms with van der Waals surface area (Å²) in [6, 6.07) is 0. The summed E-state index contributed by atoms with van der Waals surface area (Å²) in [5.41, 5.74) is 11.9. The molecule has 2 rings (SSSR count). The summed E-state index contributed by atoms with van der Waals surface area (Å²) in [7, 11) is 0. The highest BCUT2D eigenvalue weighted by Crippen LogP contribution is 2.11. The number of nitrogens with two attached hydrogens (primary N) is 2.